The molecule has 0 aliphatic carbocycles. The Kier molecular flexibility index (Phi) is 4.04. The Balaban J connectivity index is 2.41. The number of morpholine rings is 1. The summed E-state index contributed by atoms with van der Waals surface area (Å²) >= 11 is 0. The lowest BCUT2D eigenvalue weighted by molar-refractivity contribution is -0.137. The van der Waals surface area contributed by atoms with Crippen molar-refractivity contribution in [3.63, 3.8) is 0 Å². The lowest BCUT2D eigenvalue weighted by Crippen LogP contribution is -2.37. The third kappa shape index (κ3) is 3.21. The average Bonchev–Trinajstić information content (AvgIpc) is 2.38. The van der Waals surface area contributed by atoms with Crippen molar-refractivity contribution in [3.05, 3.63) is 29.3 Å². The number of rotatable bonds is 2. The average molecular weight is 273 g/mol. The van der Waals surface area contributed by atoms with E-state index in [9.17, 15) is 13.2 Å². The molecule has 1 aromatic carbocycles. The first kappa shape index (κ1) is 14.2. The maximum absolute atomic E-state index is 13.2. The van der Waals surface area contributed by atoms with E-state index in [4.69, 9.17) is 4.74 Å². The Morgan fingerprint density at radius 1 is 1.16 bits per heavy atom. The van der Waals surface area contributed by atoms with Gasteiger partial charge >= 0.3 is 6.18 Å². The van der Waals surface area contributed by atoms with Crippen molar-refractivity contribution in [1.29, 1.82) is 0 Å². The van der Waals surface area contributed by atoms with E-state index in [1.165, 1.54) is 6.07 Å². The zero-order valence-electron chi connectivity index (χ0n) is 11.1. The largest absolute Gasteiger partial charge is 0.418 e. The Bertz CT molecular complexity index is 437. The summed E-state index contributed by atoms with van der Waals surface area (Å²) in [6.07, 6.45) is -4.32. The zero-order chi connectivity index (χ0) is 14.0. The predicted octanol–water partition coefficient (Wildman–Crippen LogP) is 3.67. The topological polar surface area (TPSA) is 12.5 Å². The van der Waals surface area contributed by atoms with Crippen molar-refractivity contribution in [1.82, 2.24) is 0 Å². The molecule has 1 aliphatic heterocycles. The molecule has 0 atom stereocenters. The fourth-order valence-corrected chi connectivity index (χ4v) is 2.22. The number of benzene rings is 1. The summed E-state index contributed by atoms with van der Waals surface area (Å²) in [6.45, 7) is 5.74. The van der Waals surface area contributed by atoms with E-state index in [0.29, 0.717) is 31.9 Å². The first-order chi connectivity index (χ1) is 8.89. The smallest absolute Gasteiger partial charge is 0.378 e. The number of hydrogen-bond donors (Lipinski definition) is 0. The minimum Gasteiger partial charge on any atom is -0.378 e. The molecule has 1 fully saturated rings. The van der Waals surface area contributed by atoms with Crippen molar-refractivity contribution in [2.75, 3.05) is 31.2 Å². The van der Waals surface area contributed by atoms with Crippen LogP contribution in [-0.4, -0.2) is 26.3 Å². The number of anilines is 1. The Labute approximate surface area is 111 Å². The van der Waals surface area contributed by atoms with Crippen LogP contribution in [0, 0.1) is 0 Å². The molecule has 1 saturated heterocycles. The van der Waals surface area contributed by atoms with Crippen LogP contribution < -0.4 is 4.90 Å². The molecule has 0 unspecified atom stereocenters. The number of ether oxygens (including phenoxy) is 1. The van der Waals surface area contributed by atoms with Crippen LogP contribution in [0.3, 0.4) is 0 Å². The highest BCUT2D eigenvalue weighted by Crippen LogP contribution is 2.38. The molecule has 0 spiro atoms. The number of nitrogens with zero attached hydrogens (tertiary/aromatic N) is 1. The Hall–Kier alpha value is -1.23. The number of alkyl halides is 3. The molecule has 2 nitrogen and oxygen atoms in total. The molecule has 1 heterocycles. The molecule has 0 saturated carbocycles. The van der Waals surface area contributed by atoms with E-state index in [-0.39, 0.29) is 11.6 Å². The summed E-state index contributed by atoms with van der Waals surface area (Å²) in [5.41, 5.74) is 0.435. The van der Waals surface area contributed by atoms with Crippen LogP contribution in [0.25, 0.3) is 0 Å². The van der Waals surface area contributed by atoms with Crippen molar-refractivity contribution >= 4 is 5.69 Å². The van der Waals surface area contributed by atoms with E-state index >= 15 is 0 Å². The predicted molar refractivity (Wildman–Crippen MR) is 68.6 cm³/mol. The van der Waals surface area contributed by atoms with Crippen molar-refractivity contribution in [2.45, 2.75) is 25.9 Å². The third-order valence-electron chi connectivity index (χ3n) is 3.34. The number of halogens is 3. The molecule has 1 aliphatic rings. The second-order valence-electron chi connectivity index (χ2n) is 5.03. The first-order valence-corrected chi connectivity index (χ1v) is 6.43. The van der Waals surface area contributed by atoms with E-state index in [1.54, 1.807) is 17.0 Å². The first-order valence-electron chi connectivity index (χ1n) is 6.43. The highest BCUT2D eigenvalue weighted by atomic mass is 19.4. The Morgan fingerprint density at radius 3 is 2.32 bits per heavy atom. The third-order valence-corrected chi connectivity index (χ3v) is 3.34. The summed E-state index contributed by atoms with van der Waals surface area (Å²) in [5.74, 6) is 0.0832. The molecule has 5 heteroatoms. The molecule has 1 aromatic rings. The maximum atomic E-state index is 13.2. The Morgan fingerprint density at radius 2 is 1.79 bits per heavy atom. The van der Waals surface area contributed by atoms with Gasteiger partial charge in [0, 0.05) is 18.8 Å². The summed E-state index contributed by atoms with van der Waals surface area (Å²) < 4.78 is 44.8. The maximum Gasteiger partial charge on any atom is 0.418 e. The van der Waals surface area contributed by atoms with E-state index in [1.807, 2.05) is 13.8 Å². The van der Waals surface area contributed by atoms with Gasteiger partial charge in [0.05, 0.1) is 18.8 Å². The van der Waals surface area contributed by atoms with Crippen LogP contribution in [0.2, 0.25) is 0 Å². The van der Waals surface area contributed by atoms with Gasteiger partial charge in [-0.15, -0.1) is 0 Å². The normalized spacial score (nSPS) is 17.1. The molecule has 2 rings (SSSR count). The lowest BCUT2D eigenvalue weighted by atomic mass is 9.99. The van der Waals surface area contributed by atoms with Crippen molar-refractivity contribution in [2.24, 2.45) is 0 Å². The fourth-order valence-electron chi connectivity index (χ4n) is 2.22. The van der Waals surface area contributed by atoms with Gasteiger partial charge in [0.25, 0.3) is 0 Å². The summed E-state index contributed by atoms with van der Waals surface area (Å²) in [5, 5.41) is 0. The van der Waals surface area contributed by atoms with Gasteiger partial charge in [-0.1, -0.05) is 19.9 Å². The lowest BCUT2D eigenvalue weighted by Gasteiger charge is -2.31. The van der Waals surface area contributed by atoms with Crippen LogP contribution in [0.15, 0.2) is 18.2 Å². The van der Waals surface area contributed by atoms with Gasteiger partial charge < -0.3 is 9.64 Å². The fraction of sp³-hybridized carbons (Fsp3) is 0.571. The molecule has 106 valence electrons. The highest BCUT2D eigenvalue weighted by molar-refractivity contribution is 5.57. The molecular formula is C14H18F3NO. The van der Waals surface area contributed by atoms with Gasteiger partial charge in [-0.25, -0.2) is 0 Å². The molecule has 0 aromatic heterocycles. The van der Waals surface area contributed by atoms with Gasteiger partial charge in [0.2, 0.25) is 0 Å². The number of hydrogen-bond acceptors (Lipinski definition) is 2. The molecule has 0 radical (unpaired) electrons. The monoisotopic (exact) mass is 273 g/mol. The summed E-state index contributed by atoms with van der Waals surface area (Å²) in [7, 11) is 0. The van der Waals surface area contributed by atoms with E-state index in [2.05, 4.69) is 0 Å². The van der Waals surface area contributed by atoms with E-state index < -0.39 is 11.7 Å². The van der Waals surface area contributed by atoms with Crippen molar-refractivity contribution < 1.29 is 17.9 Å². The van der Waals surface area contributed by atoms with Gasteiger partial charge in [-0.05, 0) is 23.6 Å². The summed E-state index contributed by atoms with van der Waals surface area (Å²) in [6, 6.07) is 4.64. The van der Waals surface area contributed by atoms with Gasteiger partial charge in [-0.3, -0.25) is 0 Å². The SMILES string of the molecule is CC(C)c1ccc(N2CCOCC2)c(C(F)(F)F)c1. The van der Waals surface area contributed by atoms with Gasteiger partial charge in [-0.2, -0.15) is 13.2 Å². The standard InChI is InChI=1S/C14H18F3NO/c1-10(2)11-3-4-13(12(9-11)14(15,16)17)18-5-7-19-8-6-18/h3-4,9-10H,5-8H2,1-2H3. The van der Waals surface area contributed by atoms with Crippen LogP contribution in [0.1, 0.15) is 30.9 Å². The molecule has 0 N–H and O–H groups in total. The molecule has 0 amide bonds. The molecule has 0 bridgehead atoms. The van der Waals surface area contributed by atoms with Gasteiger partial charge in [0.15, 0.2) is 0 Å². The zero-order valence-corrected chi connectivity index (χ0v) is 11.1. The second-order valence-corrected chi connectivity index (χ2v) is 5.03. The van der Waals surface area contributed by atoms with Crippen LogP contribution in [0.5, 0.6) is 0 Å². The molecular weight excluding hydrogens is 255 g/mol. The minimum absolute atomic E-state index is 0.0832. The van der Waals surface area contributed by atoms with Crippen molar-refractivity contribution in [3.8, 4) is 0 Å². The quantitative estimate of drug-likeness (QED) is 0.815. The van der Waals surface area contributed by atoms with Crippen LogP contribution in [0.4, 0.5) is 18.9 Å². The van der Waals surface area contributed by atoms with Crippen LogP contribution >= 0.6 is 0 Å². The second kappa shape index (κ2) is 5.41. The van der Waals surface area contributed by atoms with E-state index in [0.717, 1.165) is 0 Å². The van der Waals surface area contributed by atoms with Gasteiger partial charge in [0.1, 0.15) is 0 Å². The summed E-state index contributed by atoms with van der Waals surface area (Å²) in [4.78, 5) is 1.75. The minimum atomic E-state index is -4.32. The highest BCUT2D eigenvalue weighted by Gasteiger charge is 2.35. The molecule has 19 heavy (non-hydrogen) atoms. The van der Waals surface area contributed by atoms with Crippen LogP contribution in [-0.2, 0) is 10.9 Å².